The van der Waals surface area contributed by atoms with Crippen molar-refractivity contribution >= 4 is 0 Å². The number of hydrogen-bond donors (Lipinski definition) is 4. The van der Waals surface area contributed by atoms with Gasteiger partial charge in [0.25, 0.3) is 0 Å². The summed E-state index contributed by atoms with van der Waals surface area (Å²) in [4.78, 5) is 0. The van der Waals surface area contributed by atoms with Crippen LogP contribution in [0.15, 0.2) is 0 Å². The molecule has 0 aromatic carbocycles. The molecule has 4 nitrogen and oxygen atoms in total. The van der Waals surface area contributed by atoms with E-state index in [0.717, 1.165) is 26.1 Å². The molecule has 0 aliphatic heterocycles. The number of hydrogen-bond acceptors (Lipinski definition) is 4. The molecule has 0 saturated carbocycles. The molecule has 0 radical (unpaired) electrons. The van der Waals surface area contributed by atoms with Crippen LogP contribution in [0.2, 0.25) is 0 Å². The highest BCUT2D eigenvalue weighted by Crippen LogP contribution is 1.77. The summed E-state index contributed by atoms with van der Waals surface area (Å²) >= 11 is 0. The summed E-state index contributed by atoms with van der Waals surface area (Å²) in [5.74, 6) is 0. The average Bonchev–Trinajstić information content (AvgIpc) is 2.24. The van der Waals surface area contributed by atoms with Crippen LogP contribution in [0.1, 0.15) is 40.0 Å². The molecule has 0 unspecified atom stereocenters. The minimum absolute atomic E-state index is 0.750. The Bertz CT molecular complexity index is 39.1. The van der Waals surface area contributed by atoms with E-state index >= 15 is 0 Å². The standard InChI is InChI=1S/C4H11N.C3H9N.C2H7N.CH5N/c1-2-3-4-5;1-2-3-4;1-2-3;1-2/h2-5H2,1H3;2-4H2,1H3;2-3H2,1H3;2H2,1H3. The number of unbranched alkanes of at least 4 members (excludes halogenated alkanes) is 1. The smallest absolute Gasteiger partial charge is 0.00774 e. The van der Waals surface area contributed by atoms with Gasteiger partial charge >= 0.3 is 0 Å². The molecule has 0 fully saturated rings. The second-order valence-corrected chi connectivity index (χ2v) is 2.34. The SMILES string of the molecule is CCCCN.CCCN.CCN.CN. The molecule has 8 N–H and O–H groups in total. The van der Waals surface area contributed by atoms with Crippen LogP contribution < -0.4 is 22.9 Å². The number of rotatable bonds is 3. The van der Waals surface area contributed by atoms with E-state index < -0.39 is 0 Å². The minimum atomic E-state index is 0.750. The first-order chi connectivity index (χ1) is 6.74. The maximum atomic E-state index is 5.14. The van der Waals surface area contributed by atoms with Gasteiger partial charge in [-0.15, -0.1) is 0 Å². The fraction of sp³-hybridized carbons (Fsp3) is 1.00. The van der Waals surface area contributed by atoms with Crippen molar-refractivity contribution in [1.29, 1.82) is 0 Å². The molecular formula is C10H32N4. The summed E-state index contributed by atoms with van der Waals surface area (Å²) in [6.45, 7) is 8.50. The number of nitrogens with two attached hydrogens (primary N) is 4. The van der Waals surface area contributed by atoms with Crippen molar-refractivity contribution in [1.82, 2.24) is 0 Å². The molecule has 92 valence electrons. The Kier molecular flexibility index (Phi) is 88.8. The monoisotopic (exact) mass is 208 g/mol. The predicted octanol–water partition coefficient (Wildman–Crippen LogP) is 0.640. The molecule has 0 saturated heterocycles. The highest BCUT2D eigenvalue weighted by atomic mass is 14.5. The lowest BCUT2D eigenvalue weighted by Crippen LogP contribution is -1.95. The lowest BCUT2D eigenvalue weighted by atomic mass is 10.3. The van der Waals surface area contributed by atoms with Crippen LogP contribution in [0.4, 0.5) is 0 Å². The minimum Gasteiger partial charge on any atom is -0.333 e. The van der Waals surface area contributed by atoms with E-state index in [1.54, 1.807) is 0 Å². The van der Waals surface area contributed by atoms with E-state index in [9.17, 15) is 0 Å². The summed E-state index contributed by atoms with van der Waals surface area (Å²) in [6.07, 6.45) is 3.48. The molecule has 0 bridgehead atoms. The Balaban J connectivity index is -0.0000000505. The van der Waals surface area contributed by atoms with E-state index in [-0.39, 0.29) is 0 Å². The molecule has 0 amide bonds. The zero-order chi connectivity index (χ0) is 12.2. The van der Waals surface area contributed by atoms with Crippen LogP contribution in [-0.2, 0) is 0 Å². The topological polar surface area (TPSA) is 104 Å². The van der Waals surface area contributed by atoms with Crippen molar-refractivity contribution in [2.24, 2.45) is 22.9 Å². The van der Waals surface area contributed by atoms with Crippen molar-refractivity contribution < 1.29 is 0 Å². The van der Waals surface area contributed by atoms with E-state index in [1.807, 2.05) is 6.92 Å². The van der Waals surface area contributed by atoms with Gasteiger partial charge in [-0.1, -0.05) is 27.2 Å². The molecule has 0 rings (SSSR count). The van der Waals surface area contributed by atoms with Crippen molar-refractivity contribution in [2.75, 3.05) is 26.7 Å². The third kappa shape index (κ3) is 172. The van der Waals surface area contributed by atoms with E-state index in [0.29, 0.717) is 0 Å². The largest absolute Gasteiger partial charge is 0.333 e. The summed E-state index contributed by atoms with van der Waals surface area (Å²) < 4.78 is 0. The fourth-order valence-electron chi connectivity index (χ4n) is 0.204. The Morgan fingerprint density at radius 3 is 1.00 bits per heavy atom. The highest BCUT2D eigenvalue weighted by molar-refractivity contribution is 4.29. The fourth-order valence-corrected chi connectivity index (χ4v) is 0.204. The normalized spacial score (nSPS) is 6.86. The first kappa shape index (κ1) is 23.6. The van der Waals surface area contributed by atoms with Gasteiger partial charge in [0.2, 0.25) is 0 Å². The van der Waals surface area contributed by atoms with Crippen molar-refractivity contribution in [3.05, 3.63) is 0 Å². The van der Waals surface area contributed by atoms with Gasteiger partial charge in [-0.05, 0) is 39.5 Å². The molecule has 0 heterocycles. The lowest BCUT2D eigenvalue weighted by molar-refractivity contribution is 0.807. The van der Waals surface area contributed by atoms with E-state index in [4.69, 9.17) is 17.2 Å². The Morgan fingerprint density at radius 1 is 0.714 bits per heavy atom. The maximum absolute atomic E-state index is 5.14. The Labute approximate surface area is 90.4 Å². The van der Waals surface area contributed by atoms with Gasteiger partial charge in [-0.3, -0.25) is 0 Å². The highest BCUT2D eigenvalue weighted by Gasteiger charge is 1.67. The molecule has 0 spiro atoms. The molecule has 0 atom stereocenters. The average molecular weight is 208 g/mol. The van der Waals surface area contributed by atoms with Crippen LogP contribution in [-0.4, -0.2) is 26.7 Å². The lowest BCUT2D eigenvalue weighted by Gasteiger charge is -1.80. The summed E-state index contributed by atoms with van der Waals surface area (Å²) in [7, 11) is 1.50. The Hall–Kier alpha value is -0.160. The van der Waals surface area contributed by atoms with Crippen LogP contribution in [0.5, 0.6) is 0 Å². The van der Waals surface area contributed by atoms with Crippen molar-refractivity contribution in [3.63, 3.8) is 0 Å². The van der Waals surface area contributed by atoms with Gasteiger partial charge in [0.05, 0.1) is 0 Å². The zero-order valence-corrected chi connectivity index (χ0v) is 10.6. The quantitative estimate of drug-likeness (QED) is 0.546. The molecule has 0 aliphatic carbocycles. The predicted molar refractivity (Wildman–Crippen MR) is 68.1 cm³/mol. The third-order valence-electron chi connectivity index (χ3n) is 0.846. The second-order valence-electron chi connectivity index (χ2n) is 2.34. The molecule has 4 heteroatoms. The maximum Gasteiger partial charge on any atom is -0.00774 e. The van der Waals surface area contributed by atoms with Gasteiger partial charge in [-0.25, -0.2) is 0 Å². The third-order valence-corrected chi connectivity index (χ3v) is 0.846. The van der Waals surface area contributed by atoms with Gasteiger partial charge in [0.1, 0.15) is 0 Å². The van der Waals surface area contributed by atoms with Crippen LogP contribution in [0, 0.1) is 0 Å². The zero-order valence-electron chi connectivity index (χ0n) is 10.6. The first-order valence-electron chi connectivity index (χ1n) is 5.42. The van der Waals surface area contributed by atoms with E-state index in [1.165, 1.54) is 19.9 Å². The molecule has 0 aliphatic rings. The first-order valence-corrected chi connectivity index (χ1v) is 5.42. The Morgan fingerprint density at radius 2 is 1.00 bits per heavy atom. The second kappa shape index (κ2) is 52.8. The molecular weight excluding hydrogens is 176 g/mol. The molecule has 0 aromatic rings. The summed E-state index contributed by atoms with van der Waals surface area (Å²) in [5, 5.41) is 0. The van der Waals surface area contributed by atoms with Crippen LogP contribution >= 0.6 is 0 Å². The summed E-state index contributed by atoms with van der Waals surface area (Å²) in [6, 6.07) is 0. The molecule has 14 heavy (non-hydrogen) atoms. The van der Waals surface area contributed by atoms with Gasteiger partial charge in [-0.2, -0.15) is 0 Å². The van der Waals surface area contributed by atoms with Crippen molar-refractivity contribution in [2.45, 2.75) is 40.0 Å². The molecule has 0 aromatic heterocycles. The van der Waals surface area contributed by atoms with Gasteiger partial charge in [0.15, 0.2) is 0 Å². The van der Waals surface area contributed by atoms with Gasteiger partial charge in [0, 0.05) is 0 Å². The van der Waals surface area contributed by atoms with Crippen molar-refractivity contribution in [3.8, 4) is 0 Å². The van der Waals surface area contributed by atoms with Gasteiger partial charge < -0.3 is 22.9 Å². The van der Waals surface area contributed by atoms with E-state index in [2.05, 4.69) is 19.6 Å². The van der Waals surface area contributed by atoms with Crippen LogP contribution in [0.3, 0.4) is 0 Å². The summed E-state index contributed by atoms with van der Waals surface area (Å²) in [5.41, 5.74) is 19.5. The van der Waals surface area contributed by atoms with Crippen LogP contribution in [0.25, 0.3) is 0 Å².